The van der Waals surface area contributed by atoms with Crippen molar-refractivity contribution in [2.45, 2.75) is 0 Å². The molecule has 0 spiro atoms. The van der Waals surface area contributed by atoms with E-state index in [4.69, 9.17) is 44.6 Å². The average molecular weight is 570 g/mol. The van der Waals surface area contributed by atoms with E-state index in [9.17, 15) is 9.59 Å². The van der Waals surface area contributed by atoms with Gasteiger partial charge in [-0.15, -0.1) is 11.3 Å². The van der Waals surface area contributed by atoms with Crippen molar-refractivity contribution in [3.05, 3.63) is 87.4 Å². The van der Waals surface area contributed by atoms with Gasteiger partial charge in [0.05, 0.1) is 17.8 Å². The highest BCUT2D eigenvalue weighted by Crippen LogP contribution is 2.36. The van der Waals surface area contributed by atoms with E-state index in [1.54, 1.807) is 48.5 Å². The minimum Gasteiger partial charge on any atom is -0.494 e. The number of halogens is 2. The van der Waals surface area contributed by atoms with Gasteiger partial charge in [0, 0.05) is 32.2 Å². The molecule has 0 aliphatic carbocycles. The number of hydrogen-bond donors (Lipinski definition) is 3. The molecule has 0 fully saturated rings. The molecule has 0 saturated heterocycles. The molecule has 37 heavy (non-hydrogen) atoms. The number of para-hydroxylation sites is 1. The average Bonchev–Trinajstić information content (AvgIpc) is 3.46. The van der Waals surface area contributed by atoms with E-state index >= 15 is 0 Å². The van der Waals surface area contributed by atoms with E-state index in [-0.39, 0.29) is 10.9 Å². The van der Waals surface area contributed by atoms with Crippen LogP contribution in [0.5, 0.6) is 5.75 Å². The van der Waals surface area contributed by atoms with Gasteiger partial charge < -0.3 is 19.8 Å². The first-order valence-electron chi connectivity index (χ1n) is 10.8. The maximum absolute atomic E-state index is 12.8. The molecule has 186 valence electrons. The molecular formula is C26H17Cl2N3O4S2. The second-order valence-electron chi connectivity index (χ2n) is 7.81. The van der Waals surface area contributed by atoms with Gasteiger partial charge >= 0.3 is 0 Å². The van der Waals surface area contributed by atoms with Gasteiger partial charge in [0.2, 0.25) is 0 Å². The Hall–Kier alpha value is -3.63. The zero-order chi connectivity index (χ0) is 26.1. The minimum absolute atomic E-state index is 0.0673. The second-order valence-corrected chi connectivity index (χ2v) is 10.1. The Kier molecular flexibility index (Phi) is 7.03. The maximum atomic E-state index is 12.8. The van der Waals surface area contributed by atoms with E-state index in [0.29, 0.717) is 37.6 Å². The van der Waals surface area contributed by atoms with Crippen molar-refractivity contribution in [3.8, 4) is 5.75 Å². The van der Waals surface area contributed by atoms with E-state index < -0.39 is 11.8 Å². The van der Waals surface area contributed by atoms with Crippen LogP contribution in [-0.2, 0) is 0 Å². The highest BCUT2D eigenvalue weighted by molar-refractivity contribution is 7.80. The van der Waals surface area contributed by atoms with Crippen LogP contribution in [0, 0.1) is 0 Å². The summed E-state index contributed by atoms with van der Waals surface area (Å²) in [6, 6.07) is 19.2. The lowest BCUT2D eigenvalue weighted by Gasteiger charge is -2.13. The maximum Gasteiger partial charge on any atom is 0.291 e. The molecule has 0 radical (unpaired) electrons. The van der Waals surface area contributed by atoms with Gasteiger partial charge in [-0.2, -0.15) is 0 Å². The summed E-state index contributed by atoms with van der Waals surface area (Å²) in [4.78, 5) is 25.8. The number of hydrogen-bond acceptors (Lipinski definition) is 6. The van der Waals surface area contributed by atoms with Gasteiger partial charge in [-0.05, 0) is 48.6 Å². The number of furan rings is 1. The minimum atomic E-state index is -0.443. The van der Waals surface area contributed by atoms with Gasteiger partial charge in [-0.25, -0.2) is 0 Å². The second kappa shape index (κ2) is 10.4. The molecule has 2 heterocycles. The lowest BCUT2D eigenvalue weighted by Crippen LogP contribution is -2.33. The predicted octanol–water partition coefficient (Wildman–Crippen LogP) is 7.34. The standard InChI is InChI=1S/C26H17Cl2N3O4S2/c1-34-19-12-15(7-9-17(19)30-24(32)20-10-13-4-2-3-5-18(13)35-20)29-26(36)31-25(33)23-22(28)16-8-6-14(27)11-21(16)37-23/h2-12H,1H3,(H,30,32)(H2,29,31,33,36). The first-order chi connectivity index (χ1) is 17.8. The zero-order valence-corrected chi connectivity index (χ0v) is 22.2. The summed E-state index contributed by atoms with van der Waals surface area (Å²) >= 11 is 19.0. The fraction of sp³-hybridized carbons (Fsp3) is 0.0385. The lowest BCUT2D eigenvalue weighted by atomic mass is 10.2. The molecule has 0 unspecified atom stereocenters. The number of thiocarbonyl (C=S) groups is 1. The molecular weight excluding hydrogens is 553 g/mol. The molecule has 0 atom stereocenters. The van der Waals surface area contributed by atoms with Gasteiger partial charge in [0.1, 0.15) is 16.2 Å². The summed E-state index contributed by atoms with van der Waals surface area (Å²) < 4.78 is 11.8. The monoisotopic (exact) mass is 569 g/mol. The summed E-state index contributed by atoms with van der Waals surface area (Å²) in [5, 5.41) is 10.9. The number of thiophene rings is 1. The molecule has 11 heteroatoms. The van der Waals surface area contributed by atoms with Gasteiger partial charge in [0.15, 0.2) is 10.9 Å². The van der Waals surface area contributed by atoms with Gasteiger partial charge in [-0.1, -0.05) is 47.5 Å². The van der Waals surface area contributed by atoms with Crippen LogP contribution >= 0.6 is 46.8 Å². The van der Waals surface area contributed by atoms with Crippen molar-refractivity contribution in [1.29, 1.82) is 0 Å². The molecule has 0 bridgehead atoms. The third-order valence-electron chi connectivity index (χ3n) is 5.38. The molecule has 0 aliphatic heterocycles. The van der Waals surface area contributed by atoms with Gasteiger partial charge in [-0.3, -0.25) is 14.9 Å². The summed E-state index contributed by atoms with van der Waals surface area (Å²) in [5.74, 6) is -0.300. The number of amides is 2. The molecule has 2 aromatic heterocycles. The smallest absolute Gasteiger partial charge is 0.291 e. The normalized spacial score (nSPS) is 10.9. The van der Waals surface area contributed by atoms with Crippen LogP contribution in [0.1, 0.15) is 20.2 Å². The number of anilines is 2. The zero-order valence-electron chi connectivity index (χ0n) is 19.1. The fourth-order valence-electron chi connectivity index (χ4n) is 3.66. The van der Waals surface area contributed by atoms with Crippen LogP contribution in [-0.4, -0.2) is 24.0 Å². The first kappa shape index (κ1) is 25.0. The van der Waals surface area contributed by atoms with Crippen molar-refractivity contribution in [3.63, 3.8) is 0 Å². The van der Waals surface area contributed by atoms with Crippen molar-refractivity contribution < 1.29 is 18.7 Å². The molecule has 3 aromatic carbocycles. The number of methoxy groups -OCH3 is 1. The number of nitrogens with one attached hydrogen (secondary N) is 3. The Bertz CT molecular complexity index is 1660. The number of carbonyl (C=O) groups excluding carboxylic acids is 2. The molecule has 5 rings (SSSR count). The third kappa shape index (κ3) is 5.26. The third-order valence-corrected chi connectivity index (χ3v) is 7.48. The highest BCUT2D eigenvalue weighted by atomic mass is 35.5. The van der Waals surface area contributed by atoms with Crippen LogP contribution in [0.15, 0.2) is 71.1 Å². The van der Waals surface area contributed by atoms with Crippen molar-refractivity contribution in [2.75, 3.05) is 17.7 Å². The number of benzene rings is 3. The highest BCUT2D eigenvalue weighted by Gasteiger charge is 2.19. The lowest BCUT2D eigenvalue weighted by molar-refractivity contribution is 0.0978. The number of fused-ring (bicyclic) bond motifs is 2. The summed E-state index contributed by atoms with van der Waals surface area (Å²) in [7, 11) is 1.48. The van der Waals surface area contributed by atoms with E-state index in [1.807, 2.05) is 18.2 Å². The Morgan fingerprint density at radius 2 is 1.78 bits per heavy atom. The Balaban J connectivity index is 1.27. The molecule has 0 aliphatic rings. The number of ether oxygens (including phenoxy) is 1. The van der Waals surface area contributed by atoms with Crippen molar-refractivity contribution in [2.24, 2.45) is 0 Å². The van der Waals surface area contributed by atoms with Crippen LogP contribution in [0.4, 0.5) is 11.4 Å². The Morgan fingerprint density at radius 1 is 0.973 bits per heavy atom. The molecule has 7 nitrogen and oxygen atoms in total. The summed E-state index contributed by atoms with van der Waals surface area (Å²) in [6.45, 7) is 0. The van der Waals surface area contributed by atoms with E-state index in [1.165, 1.54) is 18.4 Å². The molecule has 0 saturated carbocycles. The topological polar surface area (TPSA) is 92.6 Å². The summed E-state index contributed by atoms with van der Waals surface area (Å²) in [6.07, 6.45) is 0. The molecule has 5 aromatic rings. The van der Waals surface area contributed by atoms with Crippen LogP contribution in [0.25, 0.3) is 21.1 Å². The van der Waals surface area contributed by atoms with Gasteiger partial charge in [0.25, 0.3) is 11.8 Å². The van der Waals surface area contributed by atoms with E-state index in [0.717, 1.165) is 15.5 Å². The van der Waals surface area contributed by atoms with Crippen LogP contribution in [0.2, 0.25) is 10.0 Å². The Morgan fingerprint density at radius 3 is 2.57 bits per heavy atom. The quantitative estimate of drug-likeness (QED) is 0.192. The van der Waals surface area contributed by atoms with Crippen molar-refractivity contribution in [1.82, 2.24) is 5.32 Å². The van der Waals surface area contributed by atoms with E-state index in [2.05, 4.69) is 16.0 Å². The fourth-order valence-corrected chi connectivity index (χ4v) is 5.56. The predicted molar refractivity (Wildman–Crippen MR) is 153 cm³/mol. The summed E-state index contributed by atoms with van der Waals surface area (Å²) in [5.41, 5.74) is 1.60. The Labute approximate surface area is 230 Å². The van der Waals surface area contributed by atoms with Crippen LogP contribution in [0.3, 0.4) is 0 Å². The molecule has 2 amide bonds. The largest absolute Gasteiger partial charge is 0.494 e. The van der Waals surface area contributed by atoms with Crippen molar-refractivity contribution >= 4 is 96.1 Å². The first-order valence-corrected chi connectivity index (χ1v) is 12.8. The SMILES string of the molecule is COc1cc(NC(=S)NC(=O)c2sc3cc(Cl)ccc3c2Cl)ccc1NC(=O)c1cc2ccccc2o1. The number of rotatable bonds is 5. The molecule has 3 N–H and O–H groups in total. The van der Waals surface area contributed by atoms with Crippen LogP contribution < -0.4 is 20.7 Å². The number of carbonyl (C=O) groups is 2.